The smallest absolute Gasteiger partial charge is 0.282 e. The molecule has 0 saturated carbocycles. The van der Waals surface area contributed by atoms with E-state index in [9.17, 15) is 8.42 Å². The second-order valence-corrected chi connectivity index (χ2v) is 3.00. The minimum absolute atomic E-state index is 0.183. The van der Waals surface area contributed by atoms with Crippen molar-refractivity contribution in [3.63, 3.8) is 0 Å². The highest BCUT2D eigenvalue weighted by molar-refractivity contribution is 7.91. The second-order valence-electron chi connectivity index (χ2n) is 1.35. The van der Waals surface area contributed by atoms with E-state index in [0.29, 0.717) is 0 Å². The molecular weight excluding hydrogens is 160 g/mol. The summed E-state index contributed by atoms with van der Waals surface area (Å²) in [6.45, 7) is 1.57. The van der Waals surface area contributed by atoms with Crippen LogP contribution < -0.4 is 0 Å². The van der Waals surface area contributed by atoms with Gasteiger partial charge in [-0.2, -0.15) is 8.42 Å². The molecule has 3 nitrogen and oxygen atoms in total. The summed E-state index contributed by atoms with van der Waals surface area (Å²) in [5.74, 6) is 0. The normalized spacial score (nSPS) is 10.4. The maximum Gasteiger partial charge on any atom is 0.298 e. The third-order valence-corrected chi connectivity index (χ3v) is 2.14. The Morgan fingerprint density at radius 2 is 2.22 bits per heavy atom. The summed E-state index contributed by atoms with van der Waals surface area (Å²) in [7, 11) is -4.06. The zero-order chi connectivity index (χ0) is 7.49. The van der Waals surface area contributed by atoms with Crippen molar-refractivity contribution in [2.45, 2.75) is 13.3 Å². The molecule has 0 fully saturated rings. The minimum atomic E-state index is -4.06. The first kappa shape index (κ1) is 8.78. The zero-order valence-corrected chi connectivity index (χ0v) is 6.42. The molecule has 0 rings (SSSR count). The van der Waals surface area contributed by atoms with Crippen molar-refractivity contribution in [1.29, 1.82) is 0 Å². The summed E-state index contributed by atoms with van der Waals surface area (Å²) in [5.41, 5.74) is 0. The van der Waals surface area contributed by atoms with Crippen LogP contribution in [0.25, 0.3) is 0 Å². The van der Waals surface area contributed by atoms with E-state index >= 15 is 0 Å². The van der Waals surface area contributed by atoms with Gasteiger partial charge in [0, 0.05) is 0 Å². The molecule has 0 heterocycles. The van der Waals surface area contributed by atoms with Crippen LogP contribution in [0.4, 0.5) is 0 Å². The van der Waals surface area contributed by atoms with E-state index in [0.717, 1.165) is 0 Å². The van der Waals surface area contributed by atoms with Gasteiger partial charge in [-0.15, -0.1) is 0 Å². The molecule has 0 aliphatic carbocycles. The molecule has 0 spiro atoms. The molecular formula is C4H6O3S2. The molecule has 0 aromatic carbocycles. The molecule has 5 heteroatoms. The van der Waals surface area contributed by atoms with Crippen molar-refractivity contribution in [2.75, 3.05) is 0 Å². The monoisotopic (exact) mass is 166 g/mol. The predicted octanol–water partition coefficient (Wildman–Crippen LogP) is 0.767. The zero-order valence-electron chi connectivity index (χ0n) is 4.79. The molecule has 0 unspecified atom stereocenters. The predicted molar refractivity (Wildman–Crippen MR) is 38.0 cm³/mol. The largest absolute Gasteiger partial charge is 0.298 e. The average molecular weight is 166 g/mol. The van der Waals surface area contributed by atoms with Gasteiger partial charge in [-0.25, -0.2) is 0 Å². The quantitative estimate of drug-likeness (QED) is 0.486. The van der Waals surface area contributed by atoms with E-state index in [4.69, 9.17) is 4.55 Å². The lowest BCUT2D eigenvalue weighted by Gasteiger charge is -1.91. The first-order valence-electron chi connectivity index (χ1n) is 2.23. The highest BCUT2D eigenvalue weighted by Crippen LogP contribution is 2.02. The van der Waals surface area contributed by atoms with Crippen molar-refractivity contribution < 1.29 is 13.0 Å². The number of hydrogen-bond acceptors (Lipinski definition) is 3. The Bertz CT molecular complexity index is 233. The molecule has 0 aliphatic heterocycles. The van der Waals surface area contributed by atoms with Crippen molar-refractivity contribution >= 4 is 27.4 Å². The summed E-state index contributed by atoms with van der Waals surface area (Å²) in [6, 6.07) is 0. The van der Waals surface area contributed by atoms with Gasteiger partial charge < -0.3 is 0 Å². The van der Waals surface area contributed by atoms with Crippen molar-refractivity contribution in [1.82, 2.24) is 0 Å². The molecule has 0 bridgehead atoms. The van der Waals surface area contributed by atoms with Crippen molar-refractivity contribution in [2.24, 2.45) is 0 Å². The Labute approximate surface area is 59.1 Å². The Kier molecular flexibility index (Phi) is 3.00. The van der Waals surface area contributed by atoms with Crippen LogP contribution in [0.3, 0.4) is 0 Å². The molecule has 0 atom stereocenters. The first-order valence-corrected chi connectivity index (χ1v) is 4.08. The molecule has 0 radical (unpaired) electrons. The van der Waals surface area contributed by atoms with Gasteiger partial charge in [0.2, 0.25) is 0 Å². The highest BCUT2D eigenvalue weighted by atomic mass is 32.2. The maximum absolute atomic E-state index is 10.2. The van der Waals surface area contributed by atoms with Gasteiger partial charge in [-0.05, 0) is 23.7 Å². The van der Waals surface area contributed by atoms with E-state index in [-0.39, 0.29) is 11.3 Å². The third-order valence-electron chi connectivity index (χ3n) is 0.746. The van der Waals surface area contributed by atoms with E-state index in [1.54, 1.807) is 6.92 Å². The molecule has 0 aromatic heterocycles. The van der Waals surface area contributed by atoms with Gasteiger partial charge in [-0.3, -0.25) is 4.55 Å². The lowest BCUT2D eigenvalue weighted by molar-refractivity contribution is 0.490. The number of hydrogen-bond donors (Lipinski definition) is 1. The van der Waals surface area contributed by atoms with E-state index < -0.39 is 10.1 Å². The summed E-state index contributed by atoms with van der Waals surface area (Å²) in [5, 5.41) is 1.95. The van der Waals surface area contributed by atoms with Gasteiger partial charge in [0.1, 0.15) is 4.91 Å². The average Bonchev–Trinajstić information content (AvgIpc) is 1.65. The molecule has 0 aromatic rings. The fourth-order valence-electron chi connectivity index (χ4n) is 0.307. The Hall–Kier alpha value is -0.220. The Balaban J connectivity index is 4.78. The summed E-state index contributed by atoms with van der Waals surface area (Å²) < 4.78 is 28.6. The van der Waals surface area contributed by atoms with Crippen LogP contribution in [0.15, 0.2) is 4.91 Å². The fraction of sp³-hybridized carbons (Fsp3) is 0.500. The summed E-state index contributed by atoms with van der Waals surface area (Å²) in [4.78, 5) is -0.238. The summed E-state index contributed by atoms with van der Waals surface area (Å²) >= 11 is 4.19. The molecule has 0 aliphatic rings. The van der Waals surface area contributed by atoms with E-state index in [1.807, 2.05) is 5.02 Å². The SMILES string of the molecule is CCC(=C=S)S(=O)(=O)O. The highest BCUT2D eigenvalue weighted by Gasteiger charge is 2.09. The van der Waals surface area contributed by atoms with Gasteiger partial charge >= 0.3 is 0 Å². The molecule has 0 saturated heterocycles. The Morgan fingerprint density at radius 1 is 1.78 bits per heavy atom. The van der Waals surface area contributed by atoms with Gasteiger partial charge in [0.05, 0.1) is 0 Å². The van der Waals surface area contributed by atoms with Crippen LogP contribution in [0.2, 0.25) is 0 Å². The lowest BCUT2D eigenvalue weighted by Crippen LogP contribution is -2.00. The van der Waals surface area contributed by atoms with Gasteiger partial charge in [0.15, 0.2) is 0 Å². The second kappa shape index (κ2) is 3.08. The maximum atomic E-state index is 10.2. The minimum Gasteiger partial charge on any atom is -0.282 e. The number of rotatable bonds is 2. The number of allylic oxidation sites excluding steroid dienone is 1. The molecule has 1 N–H and O–H groups in total. The standard InChI is InChI=1S/C4H6O3S2/c1-2-4(3-8)9(5,6)7/h2H2,1H3,(H,5,6,7). The Morgan fingerprint density at radius 3 is 2.22 bits per heavy atom. The summed E-state index contributed by atoms with van der Waals surface area (Å²) in [6.07, 6.45) is 0.183. The molecule has 0 amide bonds. The van der Waals surface area contributed by atoms with Crippen LogP contribution in [0, 0.1) is 0 Å². The van der Waals surface area contributed by atoms with Crippen LogP contribution in [0.1, 0.15) is 13.3 Å². The first-order chi connectivity index (χ1) is 4.02. The van der Waals surface area contributed by atoms with Crippen LogP contribution in [-0.4, -0.2) is 18.0 Å². The van der Waals surface area contributed by atoms with Crippen molar-refractivity contribution in [3.8, 4) is 0 Å². The fourth-order valence-corrected chi connectivity index (χ4v) is 1.24. The van der Waals surface area contributed by atoms with Crippen LogP contribution >= 0.6 is 12.2 Å². The van der Waals surface area contributed by atoms with E-state index in [1.165, 1.54) is 0 Å². The topological polar surface area (TPSA) is 54.4 Å². The van der Waals surface area contributed by atoms with Crippen molar-refractivity contribution in [3.05, 3.63) is 4.91 Å². The molecule has 9 heavy (non-hydrogen) atoms. The van der Waals surface area contributed by atoms with Crippen LogP contribution in [-0.2, 0) is 10.1 Å². The van der Waals surface area contributed by atoms with Gasteiger partial charge in [0.25, 0.3) is 10.1 Å². The van der Waals surface area contributed by atoms with E-state index in [2.05, 4.69) is 12.2 Å². The van der Waals surface area contributed by atoms with Crippen LogP contribution in [0.5, 0.6) is 0 Å². The lowest BCUT2D eigenvalue weighted by atomic mass is 10.5. The molecule has 52 valence electrons. The number of thiocarbonyl (C=S) groups is 1. The third kappa shape index (κ3) is 2.72. The van der Waals surface area contributed by atoms with Gasteiger partial charge in [-0.1, -0.05) is 6.92 Å².